The van der Waals surface area contributed by atoms with Crippen molar-refractivity contribution in [2.45, 2.75) is 11.7 Å². The number of rotatable bonds is 2. The van der Waals surface area contributed by atoms with Gasteiger partial charge in [0.2, 0.25) is 0 Å². The minimum Gasteiger partial charge on any atom is -0.279 e. The summed E-state index contributed by atoms with van der Waals surface area (Å²) in [5.41, 5.74) is 4.69. The third kappa shape index (κ3) is 1.73. The van der Waals surface area contributed by atoms with Crippen molar-refractivity contribution in [2.24, 2.45) is 22.9 Å². The highest BCUT2D eigenvalue weighted by molar-refractivity contribution is 7.93. The molecule has 1 N–H and O–H groups in total. The van der Waals surface area contributed by atoms with Gasteiger partial charge in [0.15, 0.2) is 9.84 Å². The molecule has 1 heterocycles. The van der Waals surface area contributed by atoms with Crippen LogP contribution in [-0.2, 0) is 9.84 Å². The van der Waals surface area contributed by atoms with Crippen LogP contribution in [0.25, 0.3) is 0 Å². The molecule has 0 radical (unpaired) electrons. The van der Waals surface area contributed by atoms with Crippen molar-refractivity contribution in [1.29, 1.82) is 0 Å². The molecule has 104 valence electrons. The quantitative estimate of drug-likeness (QED) is 0.669. The zero-order valence-electron chi connectivity index (χ0n) is 10.9. The molecule has 1 saturated carbocycles. The Morgan fingerprint density at radius 1 is 1.10 bits per heavy atom. The lowest BCUT2D eigenvalue weighted by atomic mass is 9.90. The molecule has 1 saturated heterocycles. The number of anilines is 1. The molecule has 4 atom stereocenters. The standard InChI is InChI=1S/C15H16N2O2S/c18-20(19)9-13(17-16-12-4-2-1-3-5-12)14-10-6-7-11(8-10)15(14)20/h1-7,10-11,14-16H,8-9H2/b17-13-/t10-,11-,14-,15-/m0/s1. The topological polar surface area (TPSA) is 58.5 Å². The van der Waals surface area contributed by atoms with Gasteiger partial charge in [-0.05, 0) is 30.4 Å². The number of hydrogen-bond donors (Lipinski definition) is 1. The van der Waals surface area contributed by atoms with E-state index in [0.717, 1.165) is 17.8 Å². The molecule has 5 heteroatoms. The number of hydrazone groups is 1. The summed E-state index contributed by atoms with van der Waals surface area (Å²) in [5, 5.41) is 4.18. The van der Waals surface area contributed by atoms with E-state index in [1.54, 1.807) is 0 Å². The molecule has 0 spiro atoms. The number of allylic oxidation sites excluding steroid dienone is 2. The Bertz CT molecular complexity index is 694. The van der Waals surface area contributed by atoms with E-state index in [2.05, 4.69) is 22.7 Å². The Kier molecular flexibility index (Phi) is 2.54. The zero-order chi connectivity index (χ0) is 13.7. The number of sulfone groups is 1. The number of benzene rings is 1. The molecular weight excluding hydrogens is 272 g/mol. The first-order valence-electron chi connectivity index (χ1n) is 6.92. The lowest BCUT2D eigenvalue weighted by Crippen LogP contribution is -2.28. The fourth-order valence-corrected chi connectivity index (χ4v) is 6.26. The summed E-state index contributed by atoms with van der Waals surface area (Å²) in [6, 6.07) is 9.64. The summed E-state index contributed by atoms with van der Waals surface area (Å²) in [4.78, 5) is 0. The third-order valence-corrected chi connectivity index (χ3v) is 6.81. The summed E-state index contributed by atoms with van der Waals surface area (Å²) in [7, 11) is -3.03. The van der Waals surface area contributed by atoms with Crippen LogP contribution in [0, 0.1) is 17.8 Å². The number of para-hydroxylation sites is 1. The Hall–Kier alpha value is -1.62. The molecule has 1 aliphatic heterocycles. The predicted molar refractivity (Wildman–Crippen MR) is 79.3 cm³/mol. The van der Waals surface area contributed by atoms with Crippen LogP contribution in [0.4, 0.5) is 5.69 Å². The van der Waals surface area contributed by atoms with Gasteiger partial charge in [-0.1, -0.05) is 30.4 Å². The molecule has 1 aromatic carbocycles. The van der Waals surface area contributed by atoms with Gasteiger partial charge < -0.3 is 0 Å². The van der Waals surface area contributed by atoms with Crippen LogP contribution in [0.2, 0.25) is 0 Å². The largest absolute Gasteiger partial charge is 0.279 e. The number of fused-ring (bicyclic) bond motifs is 5. The fraction of sp³-hybridized carbons (Fsp3) is 0.400. The van der Waals surface area contributed by atoms with Crippen LogP contribution in [0.3, 0.4) is 0 Å². The lowest BCUT2D eigenvalue weighted by Gasteiger charge is -2.18. The van der Waals surface area contributed by atoms with Crippen LogP contribution in [-0.4, -0.2) is 25.1 Å². The van der Waals surface area contributed by atoms with Crippen LogP contribution in [0.15, 0.2) is 47.6 Å². The minimum atomic E-state index is -3.03. The molecule has 2 fully saturated rings. The van der Waals surface area contributed by atoms with Gasteiger partial charge in [-0.2, -0.15) is 5.10 Å². The highest BCUT2D eigenvalue weighted by atomic mass is 32.2. The van der Waals surface area contributed by atoms with Crippen molar-refractivity contribution < 1.29 is 8.42 Å². The first kappa shape index (κ1) is 12.1. The smallest absolute Gasteiger partial charge is 0.159 e. The van der Waals surface area contributed by atoms with Gasteiger partial charge in [0.25, 0.3) is 0 Å². The van der Waals surface area contributed by atoms with Gasteiger partial charge in [0.05, 0.1) is 22.4 Å². The average molecular weight is 288 g/mol. The maximum atomic E-state index is 12.3. The lowest BCUT2D eigenvalue weighted by molar-refractivity contribution is 0.551. The molecule has 3 aliphatic rings. The van der Waals surface area contributed by atoms with Crippen molar-refractivity contribution in [3.8, 4) is 0 Å². The van der Waals surface area contributed by atoms with Crippen molar-refractivity contribution in [2.75, 3.05) is 11.2 Å². The fourth-order valence-electron chi connectivity index (χ4n) is 3.86. The van der Waals surface area contributed by atoms with Gasteiger partial charge in [-0.3, -0.25) is 5.43 Å². The molecular formula is C15H16N2O2S. The molecule has 0 amide bonds. The van der Waals surface area contributed by atoms with E-state index >= 15 is 0 Å². The molecule has 1 aromatic rings. The van der Waals surface area contributed by atoms with Crippen molar-refractivity contribution >= 4 is 21.2 Å². The van der Waals surface area contributed by atoms with E-state index < -0.39 is 9.84 Å². The number of nitrogens with zero attached hydrogens (tertiary/aromatic N) is 1. The predicted octanol–water partition coefficient (Wildman–Crippen LogP) is 2.07. The molecule has 20 heavy (non-hydrogen) atoms. The summed E-state index contributed by atoms with van der Waals surface area (Å²) in [6.07, 6.45) is 5.22. The second-order valence-electron chi connectivity index (χ2n) is 5.83. The van der Waals surface area contributed by atoms with Gasteiger partial charge in [-0.25, -0.2) is 8.42 Å². The van der Waals surface area contributed by atoms with Crippen LogP contribution < -0.4 is 5.43 Å². The van der Waals surface area contributed by atoms with E-state index in [0.29, 0.717) is 5.92 Å². The molecule has 4 nitrogen and oxygen atoms in total. The zero-order valence-corrected chi connectivity index (χ0v) is 11.8. The maximum Gasteiger partial charge on any atom is 0.159 e. The van der Waals surface area contributed by atoms with E-state index in [-0.39, 0.29) is 22.8 Å². The van der Waals surface area contributed by atoms with E-state index in [1.807, 2.05) is 30.3 Å². The summed E-state index contributed by atoms with van der Waals surface area (Å²) < 4.78 is 24.6. The minimum absolute atomic E-state index is 0.0891. The number of nitrogens with one attached hydrogen (secondary N) is 1. The van der Waals surface area contributed by atoms with Crippen molar-refractivity contribution in [3.63, 3.8) is 0 Å². The summed E-state index contributed by atoms with van der Waals surface area (Å²) in [6.45, 7) is 0. The average Bonchev–Trinajstić information content (AvgIpc) is 3.10. The van der Waals surface area contributed by atoms with Crippen molar-refractivity contribution in [3.05, 3.63) is 42.5 Å². The summed E-state index contributed by atoms with van der Waals surface area (Å²) >= 11 is 0. The molecule has 4 rings (SSSR count). The highest BCUT2D eigenvalue weighted by Gasteiger charge is 2.57. The second kappa shape index (κ2) is 4.19. The van der Waals surface area contributed by atoms with Crippen LogP contribution in [0.1, 0.15) is 6.42 Å². The third-order valence-electron chi connectivity index (χ3n) is 4.64. The van der Waals surface area contributed by atoms with Crippen LogP contribution >= 0.6 is 0 Å². The van der Waals surface area contributed by atoms with Gasteiger partial charge in [0.1, 0.15) is 0 Å². The normalized spacial score (nSPS) is 38.3. The van der Waals surface area contributed by atoms with E-state index in [1.165, 1.54) is 0 Å². The van der Waals surface area contributed by atoms with Crippen LogP contribution in [0.5, 0.6) is 0 Å². The molecule has 2 bridgehead atoms. The second-order valence-corrected chi connectivity index (χ2v) is 7.99. The number of hydrogen-bond acceptors (Lipinski definition) is 4. The Balaban J connectivity index is 1.65. The first-order valence-corrected chi connectivity index (χ1v) is 8.64. The van der Waals surface area contributed by atoms with E-state index in [9.17, 15) is 8.42 Å². The molecule has 2 aliphatic carbocycles. The Morgan fingerprint density at radius 2 is 1.85 bits per heavy atom. The van der Waals surface area contributed by atoms with Gasteiger partial charge in [0, 0.05) is 5.92 Å². The molecule has 0 unspecified atom stereocenters. The monoisotopic (exact) mass is 288 g/mol. The highest BCUT2D eigenvalue weighted by Crippen LogP contribution is 2.51. The SMILES string of the molecule is O=S1(=O)C/C(=N/Nc2ccccc2)[C@H]2[C@@H]1[C@H]1C=C[C@H]2C1. The Labute approximate surface area is 118 Å². The van der Waals surface area contributed by atoms with Crippen molar-refractivity contribution in [1.82, 2.24) is 0 Å². The summed E-state index contributed by atoms with van der Waals surface area (Å²) in [5.74, 6) is 0.765. The van der Waals surface area contributed by atoms with Gasteiger partial charge in [-0.15, -0.1) is 0 Å². The molecule has 0 aromatic heterocycles. The Morgan fingerprint density at radius 3 is 2.65 bits per heavy atom. The van der Waals surface area contributed by atoms with Gasteiger partial charge >= 0.3 is 0 Å². The maximum absolute atomic E-state index is 12.3. The van der Waals surface area contributed by atoms with E-state index in [4.69, 9.17) is 0 Å². The first-order chi connectivity index (χ1) is 9.65.